The lowest BCUT2D eigenvalue weighted by Crippen LogP contribution is -2.50. The molecule has 0 spiro atoms. The lowest BCUT2D eigenvalue weighted by Gasteiger charge is -2.33. The monoisotopic (exact) mass is 1060 g/mol. The van der Waals surface area contributed by atoms with Gasteiger partial charge in [-0.25, -0.2) is 0 Å². The fourth-order valence-electron chi connectivity index (χ4n) is 10.4. The molecule has 4 aliphatic rings. The Morgan fingerprint density at radius 2 is 1.27 bits per heavy atom. The van der Waals surface area contributed by atoms with Gasteiger partial charge in [-0.3, -0.25) is 48.4 Å². The van der Waals surface area contributed by atoms with Crippen LogP contribution in [0.4, 0.5) is 0 Å². The third-order valence-electron chi connectivity index (χ3n) is 15.1. The number of hydrogen-bond acceptors (Lipinski definition) is 17. The van der Waals surface area contributed by atoms with Gasteiger partial charge in [0.25, 0.3) is 6.47 Å². The molecular weight excluding hydrogens is 971 g/mol. The molecule has 4 unspecified atom stereocenters. The molecule has 1 aromatic rings. The molecule has 2 heterocycles. The number of carbonyl (C=O) groups is 6. The molecule has 22 nitrogen and oxygen atoms in total. The summed E-state index contributed by atoms with van der Waals surface area (Å²) in [4.78, 5) is 76.8. The molecule has 0 radical (unpaired) electrons. The number of amides is 2. The zero-order valence-corrected chi connectivity index (χ0v) is 45.5. The van der Waals surface area contributed by atoms with Gasteiger partial charge in [0, 0.05) is 95.5 Å². The number of nitrogens with one attached hydrogen (secondary N) is 3. The highest BCUT2D eigenvalue weighted by molar-refractivity contribution is 6.07. The number of aliphatic hydroxyl groups is 1. The summed E-state index contributed by atoms with van der Waals surface area (Å²) >= 11 is 0. The number of likely N-dealkylation sites (N-methyl/N-ethyl adjacent to an activating group) is 1. The second-order valence-corrected chi connectivity index (χ2v) is 21.8. The number of aliphatic carboxylic acids is 3. The van der Waals surface area contributed by atoms with Crippen LogP contribution >= 0.6 is 0 Å². The molecule has 0 aromatic heterocycles. The summed E-state index contributed by atoms with van der Waals surface area (Å²) in [6, 6.07) is 8.04. The van der Waals surface area contributed by atoms with Gasteiger partial charge in [-0.05, 0) is 96.2 Å². The Morgan fingerprint density at radius 1 is 0.720 bits per heavy atom. The predicted octanol–water partition coefficient (Wildman–Crippen LogP) is 1.53. The van der Waals surface area contributed by atoms with E-state index in [1.165, 1.54) is 0 Å². The predicted molar refractivity (Wildman–Crippen MR) is 283 cm³/mol. The van der Waals surface area contributed by atoms with E-state index in [4.69, 9.17) is 19.3 Å². The van der Waals surface area contributed by atoms with Crippen LogP contribution in [-0.2, 0) is 49.4 Å². The number of carboxylic acids is 3. The van der Waals surface area contributed by atoms with Gasteiger partial charge in [-0.1, -0.05) is 31.2 Å². The maximum atomic E-state index is 13.0. The van der Waals surface area contributed by atoms with Crippen molar-refractivity contribution in [1.29, 1.82) is 0 Å². The summed E-state index contributed by atoms with van der Waals surface area (Å²) in [5.74, 6) is -1.53. The third-order valence-corrected chi connectivity index (χ3v) is 15.1. The number of ether oxygens (including phenoxy) is 3. The molecule has 422 valence electrons. The SMILES string of the molecule is CC1=NN=C(c2ccc(CC(=O)NCCO)cc2)C2CCC3C(COC=O)[C@]3(C)CCC12.CNCCOC(C)(C)CCOC(C)(C)CNC(=O)CN1CCN(CC(=O)O)CCN(CC(=O)O)CCN(CC(=O)O)CC1. The van der Waals surface area contributed by atoms with Gasteiger partial charge >= 0.3 is 17.9 Å². The molecule has 2 amide bonds. The zero-order chi connectivity index (χ0) is 55.2. The van der Waals surface area contributed by atoms with Crippen LogP contribution in [0.1, 0.15) is 84.8 Å². The maximum Gasteiger partial charge on any atom is 0.317 e. The Balaban J connectivity index is 0.000000337. The molecule has 2 saturated carbocycles. The normalized spacial score (nSPS) is 23.4. The highest BCUT2D eigenvalue weighted by Gasteiger charge is 2.61. The van der Waals surface area contributed by atoms with Crippen molar-refractivity contribution in [3.8, 4) is 0 Å². The van der Waals surface area contributed by atoms with Crippen LogP contribution in [-0.4, -0.2) is 230 Å². The van der Waals surface area contributed by atoms with Crippen molar-refractivity contribution in [3.05, 3.63) is 35.4 Å². The fourth-order valence-corrected chi connectivity index (χ4v) is 10.4. The van der Waals surface area contributed by atoms with E-state index in [1.807, 2.05) is 63.9 Å². The molecule has 3 fully saturated rings. The lowest BCUT2D eigenvalue weighted by atomic mass is 9.73. The first kappa shape index (κ1) is 62.6. The average Bonchev–Trinajstić information content (AvgIpc) is 3.89. The minimum atomic E-state index is -1.01. The molecule has 5 atom stereocenters. The first-order valence-corrected chi connectivity index (χ1v) is 26.5. The Morgan fingerprint density at radius 3 is 1.79 bits per heavy atom. The van der Waals surface area contributed by atoms with Gasteiger partial charge < -0.3 is 50.6 Å². The molecule has 1 aromatic carbocycles. The average molecular weight is 1060 g/mol. The number of carboxylic acid groups (broad SMARTS) is 3. The van der Waals surface area contributed by atoms with Gasteiger partial charge in [0.1, 0.15) is 0 Å². The van der Waals surface area contributed by atoms with E-state index in [2.05, 4.69) is 40.0 Å². The van der Waals surface area contributed by atoms with Gasteiger partial charge in [0.15, 0.2) is 0 Å². The quantitative estimate of drug-likeness (QED) is 0.0512. The second-order valence-electron chi connectivity index (χ2n) is 21.8. The van der Waals surface area contributed by atoms with Crippen LogP contribution in [0.2, 0.25) is 0 Å². The molecule has 2 aliphatic heterocycles. The Bertz CT molecular complexity index is 2040. The Kier molecular flexibility index (Phi) is 25.6. The summed E-state index contributed by atoms with van der Waals surface area (Å²) in [7, 11) is 1.87. The maximum absolute atomic E-state index is 13.0. The summed E-state index contributed by atoms with van der Waals surface area (Å²) in [6.45, 7) is 17.8. The van der Waals surface area contributed by atoms with Gasteiger partial charge in [0.05, 0.1) is 75.9 Å². The Labute approximate surface area is 443 Å². The van der Waals surface area contributed by atoms with Crippen molar-refractivity contribution in [2.45, 2.75) is 91.3 Å². The van der Waals surface area contributed by atoms with E-state index in [9.17, 15) is 44.1 Å². The second kappa shape index (κ2) is 30.7. The van der Waals surface area contributed by atoms with Crippen LogP contribution < -0.4 is 16.0 Å². The molecular formula is C53H87N9O13. The van der Waals surface area contributed by atoms with Crippen molar-refractivity contribution in [1.82, 2.24) is 35.6 Å². The standard InChI is InChI=1S/C28H54N6O9.C25H33N3O4/c1-27(2,43-17-7-29-5)6-16-42-28(3,4)22-30-23(35)18-31-8-10-32(19-24(36)37)12-14-34(21-26(40)41)15-13-33(11-9-31)20-25(38)39;1-16-19-9-10-25(2)21(22(25)14-32-15-30)8-7-20(19)24(28-27-16)18-5-3-17(4-6-18)13-23(31)26-11-12-29/h29H,6-22H2,1-5H3,(H,30,35)(H,36,37)(H,38,39)(H,40,41);3-6,15,19-22,29H,7-14H2,1-2H3,(H,26,31)/t;19?,20?,21?,22?,25-/m.1/s1. The van der Waals surface area contributed by atoms with Crippen LogP contribution in [0.25, 0.3) is 0 Å². The van der Waals surface area contributed by atoms with E-state index in [1.54, 1.807) is 14.7 Å². The topological polar surface area (TPSA) is 285 Å². The number of aliphatic hydroxyl groups excluding tert-OH is 1. The summed E-state index contributed by atoms with van der Waals surface area (Å²) in [5, 5.41) is 54.7. The molecule has 7 N–H and O–H groups in total. The molecule has 5 rings (SSSR count). The van der Waals surface area contributed by atoms with Crippen molar-refractivity contribution in [2.75, 3.05) is 132 Å². The first-order chi connectivity index (χ1) is 35.6. The van der Waals surface area contributed by atoms with Crippen LogP contribution in [0.15, 0.2) is 34.5 Å². The van der Waals surface area contributed by atoms with Crippen molar-refractivity contribution in [3.63, 3.8) is 0 Å². The lowest BCUT2D eigenvalue weighted by molar-refractivity contribution is -0.140. The van der Waals surface area contributed by atoms with Crippen molar-refractivity contribution >= 4 is 47.6 Å². The first-order valence-electron chi connectivity index (χ1n) is 26.5. The number of benzene rings is 1. The van der Waals surface area contributed by atoms with Gasteiger partial charge in [0.2, 0.25) is 11.8 Å². The number of carbonyl (C=O) groups excluding carboxylic acids is 3. The highest BCUT2D eigenvalue weighted by Crippen LogP contribution is 2.65. The van der Waals surface area contributed by atoms with E-state index < -0.39 is 23.5 Å². The number of hydrogen-bond donors (Lipinski definition) is 7. The number of rotatable bonds is 26. The fraction of sp³-hybridized carbons (Fsp3) is 0.736. The number of nitrogens with zero attached hydrogens (tertiary/aromatic N) is 6. The number of fused-ring (bicyclic) bond motifs is 2. The molecule has 0 bridgehead atoms. The van der Waals surface area contributed by atoms with Crippen LogP contribution in [0, 0.1) is 29.1 Å². The van der Waals surface area contributed by atoms with Gasteiger partial charge in [-0.2, -0.15) is 10.2 Å². The van der Waals surface area contributed by atoms with E-state index in [0.717, 1.165) is 54.8 Å². The van der Waals surface area contributed by atoms with E-state index in [-0.39, 0.29) is 68.7 Å². The third kappa shape index (κ3) is 21.9. The van der Waals surface area contributed by atoms with Crippen LogP contribution in [0.5, 0.6) is 0 Å². The molecule has 1 saturated heterocycles. The minimum absolute atomic E-state index is 0.0510. The van der Waals surface area contributed by atoms with Gasteiger partial charge in [-0.15, -0.1) is 0 Å². The Hall–Kier alpha value is -4.94. The van der Waals surface area contributed by atoms with Crippen molar-refractivity contribution in [2.24, 2.45) is 39.3 Å². The zero-order valence-electron chi connectivity index (χ0n) is 45.5. The summed E-state index contributed by atoms with van der Waals surface area (Å²) in [6.07, 6.45) is 5.34. The molecule has 75 heavy (non-hydrogen) atoms. The molecule has 2 aliphatic carbocycles. The highest BCUT2D eigenvalue weighted by atomic mass is 16.5. The summed E-state index contributed by atoms with van der Waals surface area (Å²) < 4.78 is 17.0. The van der Waals surface area contributed by atoms with E-state index in [0.29, 0.717) is 115 Å². The largest absolute Gasteiger partial charge is 0.480 e. The van der Waals surface area contributed by atoms with E-state index >= 15 is 0 Å². The summed E-state index contributed by atoms with van der Waals surface area (Å²) in [5.41, 5.74) is 3.46. The smallest absolute Gasteiger partial charge is 0.317 e. The molecule has 22 heteroatoms. The van der Waals surface area contributed by atoms with Crippen molar-refractivity contribution < 1.29 is 63.4 Å². The van der Waals surface area contributed by atoms with Crippen LogP contribution in [0.3, 0.4) is 0 Å². The minimum Gasteiger partial charge on any atom is -0.480 e.